The molecule has 4 heterocycles. The standard InChI is InChI=1S/C34H56N6/c1-31(2,3)15-13-25-11-12-29(36-20-25)39-23-28(24-39)38-34(9,10)17-16-33(7,8)26-14-18-35-30(19-26)40-21-27(22-40)37-32(4,5)6/h11-12,14,18-20,27-28,37-38H,13,15-17,21-24H2,1-10H3. The summed E-state index contributed by atoms with van der Waals surface area (Å²) >= 11 is 0. The third kappa shape index (κ3) is 8.66. The summed E-state index contributed by atoms with van der Waals surface area (Å²) in [5, 5.41) is 7.64. The van der Waals surface area contributed by atoms with Crippen molar-refractivity contribution in [2.75, 3.05) is 36.0 Å². The second kappa shape index (κ2) is 11.6. The molecule has 0 bridgehead atoms. The highest BCUT2D eigenvalue weighted by Gasteiger charge is 2.34. The maximum atomic E-state index is 4.77. The first-order chi connectivity index (χ1) is 18.5. The van der Waals surface area contributed by atoms with Gasteiger partial charge in [0.15, 0.2) is 0 Å². The fourth-order valence-electron chi connectivity index (χ4n) is 5.80. The van der Waals surface area contributed by atoms with Crippen LogP contribution in [0, 0.1) is 5.41 Å². The van der Waals surface area contributed by atoms with Gasteiger partial charge in [-0.05, 0) is 100 Å². The van der Waals surface area contributed by atoms with Gasteiger partial charge in [0.25, 0.3) is 0 Å². The molecule has 0 amide bonds. The zero-order valence-electron chi connectivity index (χ0n) is 27.1. The van der Waals surface area contributed by atoms with E-state index in [0.29, 0.717) is 17.5 Å². The molecule has 2 aromatic heterocycles. The van der Waals surface area contributed by atoms with E-state index in [4.69, 9.17) is 9.97 Å². The van der Waals surface area contributed by atoms with Gasteiger partial charge in [0.1, 0.15) is 11.6 Å². The first kappa shape index (κ1) is 30.8. The molecule has 0 aromatic carbocycles. The van der Waals surface area contributed by atoms with Gasteiger partial charge in [0.05, 0.1) is 0 Å². The van der Waals surface area contributed by atoms with E-state index in [1.54, 1.807) is 0 Å². The molecule has 0 saturated carbocycles. The molecule has 0 aliphatic carbocycles. The molecule has 4 rings (SSSR count). The summed E-state index contributed by atoms with van der Waals surface area (Å²) in [6, 6.07) is 10.0. The van der Waals surface area contributed by atoms with E-state index >= 15 is 0 Å². The minimum absolute atomic E-state index is 0.0808. The predicted molar refractivity (Wildman–Crippen MR) is 171 cm³/mol. The van der Waals surface area contributed by atoms with Crippen molar-refractivity contribution in [2.24, 2.45) is 5.41 Å². The number of anilines is 2. The van der Waals surface area contributed by atoms with Gasteiger partial charge in [-0.2, -0.15) is 0 Å². The molecule has 0 atom stereocenters. The number of rotatable bonds is 11. The van der Waals surface area contributed by atoms with E-state index in [-0.39, 0.29) is 16.5 Å². The molecular formula is C34H56N6. The lowest BCUT2D eigenvalue weighted by atomic mass is 9.77. The Hall–Kier alpha value is -2.18. The van der Waals surface area contributed by atoms with E-state index < -0.39 is 0 Å². The van der Waals surface area contributed by atoms with Gasteiger partial charge >= 0.3 is 0 Å². The second-order valence-electron chi connectivity index (χ2n) is 16.0. The van der Waals surface area contributed by atoms with Crippen LogP contribution in [-0.4, -0.2) is 59.3 Å². The molecule has 2 aliphatic heterocycles. The number of hydrogen-bond donors (Lipinski definition) is 2. The fraction of sp³-hybridized carbons (Fsp3) is 0.706. The smallest absolute Gasteiger partial charge is 0.128 e. The van der Waals surface area contributed by atoms with Gasteiger partial charge < -0.3 is 20.4 Å². The lowest BCUT2D eigenvalue weighted by Crippen LogP contribution is -2.63. The largest absolute Gasteiger partial charge is 0.353 e. The molecule has 0 spiro atoms. The molecule has 6 nitrogen and oxygen atoms in total. The van der Waals surface area contributed by atoms with Crippen molar-refractivity contribution in [3.05, 3.63) is 47.8 Å². The Balaban J connectivity index is 1.23. The van der Waals surface area contributed by atoms with Crippen molar-refractivity contribution < 1.29 is 0 Å². The van der Waals surface area contributed by atoms with Crippen molar-refractivity contribution in [1.82, 2.24) is 20.6 Å². The van der Waals surface area contributed by atoms with Crippen LogP contribution in [-0.2, 0) is 11.8 Å². The first-order valence-corrected chi connectivity index (χ1v) is 15.4. The summed E-state index contributed by atoms with van der Waals surface area (Å²) in [5.41, 5.74) is 3.41. The second-order valence-corrected chi connectivity index (χ2v) is 16.0. The third-order valence-electron chi connectivity index (χ3n) is 8.52. The molecule has 2 fully saturated rings. The molecule has 222 valence electrons. The Labute approximate surface area is 244 Å². The maximum absolute atomic E-state index is 4.77. The number of aromatic nitrogens is 2. The number of hydrogen-bond acceptors (Lipinski definition) is 6. The van der Waals surface area contributed by atoms with Gasteiger partial charge in [0, 0.05) is 61.7 Å². The van der Waals surface area contributed by atoms with E-state index in [1.807, 2.05) is 6.20 Å². The van der Waals surface area contributed by atoms with E-state index in [9.17, 15) is 0 Å². The lowest BCUT2D eigenvalue weighted by Gasteiger charge is -2.45. The maximum Gasteiger partial charge on any atom is 0.128 e. The average molecular weight is 549 g/mol. The lowest BCUT2D eigenvalue weighted by molar-refractivity contribution is 0.259. The first-order valence-electron chi connectivity index (χ1n) is 15.4. The van der Waals surface area contributed by atoms with Crippen LogP contribution in [0.3, 0.4) is 0 Å². The number of nitrogens with zero attached hydrogens (tertiary/aromatic N) is 4. The summed E-state index contributed by atoms with van der Waals surface area (Å²) in [4.78, 5) is 14.3. The molecule has 2 aliphatic rings. The fourth-order valence-corrected chi connectivity index (χ4v) is 5.80. The van der Waals surface area contributed by atoms with Crippen LogP contribution >= 0.6 is 0 Å². The Bertz CT molecular complexity index is 1100. The van der Waals surface area contributed by atoms with Crippen molar-refractivity contribution in [2.45, 2.75) is 123 Å². The van der Waals surface area contributed by atoms with Crippen molar-refractivity contribution in [3.63, 3.8) is 0 Å². The normalized spacial score (nSPS) is 17.6. The highest BCUT2D eigenvalue weighted by Crippen LogP contribution is 2.34. The SMILES string of the molecule is CC(C)(C)CCc1ccc(N2CC(NC(C)(C)CCC(C)(C)c3ccnc(N4CC(NC(C)(C)C)C4)c3)C2)nc1. The molecule has 6 heteroatoms. The van der Waals surface area contributed by atoms with Gasteiger partial charge in [-0.25, -0.2) is 9.97 Å². The Morgan fingerprint density at radius 3 is 1.93 bits per heavy atom. The van der Waals surface area contributed by atoms with Gasteiger partial charge in [-0.1, -0.05) is 40.7 Å². The van der Waals surface area contributed by atoms with Gasteiger partial charge in [-0.15, -0.1) is 0 Å². The zero-order chi connectivity index (χ0) is 29.3. The van der Waals surface area contributed by atoms with Crippen LogP contribution in [0.4, 0.5) is 11.6 Å². The minimum Gasteiger partial charge on any atom is -0.353 e. The van der Waals surface area contributed by atoms with Crippen LogP contribution < -0.4 is 20.4 Å². The Morgan fingerprint density at radius 2 is 1.35 bits per heavy atom. The highest BCUT2D eigenvalue weighted by molar-refractivity contribution is 5.46. The van der Waals surface area contributed by atoms with Crippen LogP contribution in [0.1, 0.15) is 99.6 Å². The van der Waals surface area contributed by atoms with Crippen LogP contribution in [0.5, 0.6) is 0 Å². The summed E-state index contributed by atoms with van der Waals surface area (Å²) in [6.07, 6.45) is 8.59. The van der Waals surface area contributed by atoms with Crippen molar-refractivity contribution in [3.8, 4) is 0 Å². The van der Waals surface area contributed by atoms with Crippen molar-refractivity contribution in [1.29, 1.82) is 0 Å². The van der Waals surface area contributed by atoms with Crippen LogP contribution in [0.2, 0.25) is 0 Å². The van der Waals surface area contributed by atoms with Crippen LogP contribution in [0.25, 0.3) is 0 Å². The molecule has 2 saturated heterocycles. The molecular weight excluding hydrogens is 492 g/mol. The molecule has 40 heavy (non-hydrogen) atoms. The summed E-state index contributed by atoms with van der Waals surface area (Å²) in [5.74, 6) is 2.22. The number of aryl methyl sites for hydroxylation is 1. The quantitative estimate of drug-likeness (QED) is 0.341. The van der Waals surface area contributed by atoms with Crippen LogP contribution in [0.15, 0.2) is 36.7 Å². The summed E-state index contributed by atoms with van der Waals surface area (Å²) in [6.45, 7) is 27.2. The number of nitrogens with one attached hydrogen (secondary N) is 2. The highest BCUT2D eigenvalue weighted by atomic mass is 15.3. The monoisotopic (exact) mass is 548 g/mol. The molecule has 2 aromatic rings. The van der Waals surface area contributed by atoms with Gasteiger partial charge in [0.2, 0.25) is 0 Å². The molecule has 0 unspecified atom stereocenters. The van der Waals surface area contributed by atoms with Crippen molar-refractivity contribution >= 4 is 11.6 Å². The van der Waals surface area contributed by atoms with E-state index in [2.05, 4.69) is 120 Å². The van der Waals surface area contributed by atoms with Gasteiger partial charge in [-0.3, -0.25) is 0 Å². The minimum atomic E-state index is 0.0808. The Morgan fingerprint density at radius 1 is 0.725 bits per heavy atom. The summed E-state index contributed by atoms with van der Waals surface area (Å²) < 4.78 is 0. The number of pyridine rings is 2. The Kier molecular flexibility index (Phi) is 8.92. The molecule has 0 radical (unpaired) electrons. The topological polar surface area (TPSA) is 56.3 Å². The summed E-state index contributed by atoms with van der Waals surface area (Å²) in [7, 11) is 0. The molecule has 2 N–H and O–H groups in total. The van der Waals surface area contributed by atoms with E-state index in [1.165, 1.54) is 17.5 Å². The predicted octanol–water partition coefficient (Wildman–Crippen LogP) is 6.35. The average Bonchev–Trinajstić information content (AvgIpc) is 2.80. The van der Waals surface area contributed by atoms with E-state index in [0.717, 1.165) is 57.1 Å². The zero-order valence-corrected chi connectivity index (χ0v) is 27.1. The third-order valence-corrected chi connectivity index (χ3v) is 8.52.